The number of nitrogens with one attached hydrogen (secondary N) is 1. The molecule has 0 saturated heterocycles. The number of halogens is 2. The number of benzene rings is 1. The highest BCUT2D eigenvalue weighted by atomic mass is 79.9. The fourth-order valence-electron chi connectivity index (χ4n) is 1.61. The molecular formula is C13H10Br2N2O3S. The molecule has 21 heavy (non-hydrogen) atoms. The van der Waals surface area contributed by atoms with E-state index in [9.17, 15) is 9.59 Å². The molecule has 1 aromatic carbocycles. The van der Waals surface area contributed by atoms with Crippen molar-refractivity contribution in [2.45, 2.75) is 13.0 Å². The van der Waals surface area contributed by atoms with Gasteiger partial charge in [0.25, 0.3) is 5.91 Å². The monoisotopic (exact) mass is 432 g/mol. The van der Waals surface area contributed by atoms with E-state index in [4.69, 9.17) is 5.11 Å². The molecule has 1 heterocycles. The summed E-state index contributed by atoms with van der Waals surface area (Å²) in [6.45, 7) is 1.76. The van der Waals surface area contributed by atoms with Gasteiger partial charge < -0.3 is 10.4 Å². The Kier molecular flexibility index (Phi) is 5.13. The third kappa shape index (κ3) is 4.12. The van der Waals surface area contributed by atoms with Gasteiger partial charge in [-0.15, -0.1) is 11.3 Å². The Bertz CT molecular complexity index is 682. The molecule has 0 fully saturated rings. The Labute approximate surface area is 141 Å². The molecule has 2 rings (SSSR count). The molecule has 2 N–H and O–H groups in total. The Hall–Kier alpha value is -1.25. The number of nitrogens with zero attached hydrogens (tertiary/aromatic N) is 1. The number of thiazole rings is 1. The van der Waals surface area contributed by atoms with E-state index in [0.717, 1.165) is 8.95 Å². The van der Waals surface area contributed by atoms with Crippen molar-refractivity contribution in [3.63, 3.8) is 0 Å². The molecule has 110 valence electrons. The summed E-state index contributed by atoms with van der Waals surface area (Å²) in [5.74, 6) is -1.33. The molecule has 0 aliphatic heterocycles. The summed E-state index contributed by atoms with van der Waals surface area (Å²) in [4.78, 5) is 27.0. The molecule has 0 spiro atoms. The number of aromatic nitrogens is 1. The summed E-state index contributed by atoms with van der Waals surface area (Å²) in [7, 11) is 0. The Morgan fingerprint density at radius 1 is 1.29 bits per heavy atom. The van der Waals surface area contributed by atoms with Crippen LogP contribution in [0.1, 0.15) is 38.8 Å². The zero-order chi connectivity index (χ0) is 15.6. The quantitative estimate of drug-likeness (QED) is 0.767. The van der Waals surface area contributed by atoms with Gasteiger partial charge in [0.15, 0.2) is 5.69 Å². The van der Waals surface area contributed by atoms with Gasteiger partial charge in [0.05, 0.1) is 6.04 Å². The molecule has 0 aliphatic carbocycles. The van der Waals surface area contributed by atoms with Crippen molar-refractivity contribution in [1.29, 1.82) is 0 Å². The second kappa shape index (κ2) is 6.67. The van der Waals surface area contributed by atoms with Crippen LogP contribution in [0.15, 0.2) is 32.5 Å². The first kappa shape index (κ1) is 16.1. The Balaban J connectivity index is 2.12. The maximum Gasteiger partial charge on any atom is 0.355 e. The summed E-state index contributed by atoms with van der Waals surface area (Å²) in [5.41, 5.74) is 0.486. The van der Waals surface area contributed by atoms with E-state index >= 15 is 0 Å². The van der Waals surface area contributed by atoms with Crippen LogP contribution in [-0.4, -0.2) is 22.0 Å². The number of hydrogen-bond donors (Lipinski definition) is 2. The van der Waals surface area contributed by atoms with Crippen molar-refractivity contribution in [1.82, 2.24) is 10.3 Å². The predicted molar refractivity (Wildman–Crippen MR) is 86.8 cm³/mol. The minimum atomic E-state index is -1.08. The molecule has 0 aliphatic rings. The number of rotatable bonds is 4. The maximum absolute atomic E-state index is 12.2. The highest BCUT2D eigenvalue weighted by Crippen LogP contribution is 2.22. The van der Waals surface area contributed by atoms with Crippen LogP contribution in [0.2, 0.25) is 0 Å². The predicted octanol–water partition coefficient (Wildman–Crippen LogP) is 3.86. The van der Waals surface area contributed by atoms with Gasteiger partial charge >= 0.3 is 5.97 Å². The van der Waals surface area contributed by atoms with Crippen molar-refractivity contribution >= 4 is 55.1 Å². The molecule has 5 nitrogen and oxygen atoms in total. The molecule has 1 unspecified atom stereocenters. The van der Waals surface area contributed by atoms with Crippen molar-refractivity contribution in [2.75, 3.05) is 0 Å². The Morgan fingerprint density at radius 2 is 1.90 bits per heavy atom. The zero-order valence-corrected chi connectivity index (χ0v) is 14.8. The number of hydrogen-bond acceptors (Lipinski definition) is 4. The summed E-state index contributed by atoms with van der Waals surface area (Å²) < 4.78 is 1.58. The normalized spacial score (nSPS) is 12.0. The minimum absolute atomic E-state index is 0.0127. The average Bonchev–Trinajstić information content (AvgIpc) is 2.87. The van der Waals surface area contributed by atoms with E-state index in [1.807, 2.05) is 6.07 Å². The first-order valence-electron chi connectivity index (χ1n) is 5.82. The average molecular weight is 434 g/mol. The lowest BCUT2D eigenvalue weighted by molar-refractivity contribution is 0.0691. The minimum Gasteiger partial charge on any atom is -0.476 e. The van der Waals surface area contributed by atoms with Gasteiger partial charge in [-0.1, -0.05) is 31.9 Å². The van der Waals surface area contributed by atoms with Crippen LogP contribution in [0.3, 0.4) is 0 Å². The number of carboxylic acid groups (broad SMARTS) is 1. The van der Waals surface area contributed by atoms with Gasteiger partial charge in [0, 0.05) is 19.9 Å². The lowest BCUT2D eigenvalue weighted by Gasteiger charge is -2.11. The first-order chi connectivity index (χ1) is 9.86. The SMILES string of the molecule is CC(NC(=O)c1cc(Br)cc(Br)c1)c1nc(C(=O)O)cs1. The highest BCUT2D eigenvalue weighted by molar-refractivity contribution is 9.11. The van der Waals surface area contributed by atoms with Crippen molar-refractivity contribution in [2.24, 2.45) is 0 Å². The third-order valence-corrected chi connectivity index (χ3v) is 4.53. The Morgan fingerprint density at radius 3 is 2.43 bits per heavy atom. The largest absolute Gasteiger partial charge is 0.476 e. The van der Waals surface area contributed by atoms with Crippen LogP contribution in [0.25, 0.3) is 0 Å². The summed E-state index contributed by atoms with van der Waals surface area (Å²) >= 11 is 7.86. The van der Waals surface area contributed by atoms with Gasteiger partial charge in [-0.05, 0) is 25.1 Å². The molecule has 8 heteroatoms. The van der Waals surface area contributed by atoms with Crippen LogP contribution in [0, 0.1) is 0 Å². The van der Waals surface area contributed by atoms with E-state index in [-0.39, 0.29) is 17.6 Å². The summed E-state index contributed by atoms with van der Waals surface area (Å²) in [6.07, 6.45) is 0. The molecular weight excluding hydrogens is 424 g/mol. The first-order valence-corrected chi connectivity index (χ1v) is 8.29. The van der Waals surface area contributed by atoms with Crippen molar-refractivity contribution in [3.8, 4) is 0 Å². The molecule has 0 saturated carbocycles. The van der Waals surface area contributed by atoms with E-state index in [1.165, 1.54) is 16.7 Å². The summed E-state index contributed by atoms with van der Waals surface area (Å²) in [5, 5.41) is 13.6. The lowest BCUT2D eigenvalue weighted by atomic mass is 10.2. The van der Waals surface area contributed by atoms with Gasteiger partial charge in [0.1, 0.15) is 5.01 Å². The van der Waals surface area contributed by atoms with Gasteiger partial charge in [0.2, 0.25) is 0 Å². The van der Waals surface area contributed by atoms with E-state index in [0.29, 0.717) is 10.6 Å². The molecule has 0 radical (unpaired) electrons. The second-order valence-corrected chi connectivity index (χ2v) is 6.95. The number of carbonyl (C=O) groups excluding carboxylic acids is 1. The van der Waals surface area contributed by atoms with Gasteiger partial charge in [-0.3, -0.25) is 4.79 Å². The topological polar surface area (TPSA) is 79.3 Å². The van der Waals surface area contributed by atoms with Crippen LogP contribution in [-0.2, 0) is 0 Å². The van der Waals surface area contributed by atoms with Crippen molar-refractivity contribution in [3.05, 3.63) is 48.8 Å². The van der Waals surface area contributed by atoms with Crippen LogP contribution in [0.4, 0.5) is 0 Å². The molecule has 1 atom stereocenters. The molecule has 0 bridgehead atoms. The third-order valence-electron chi connectivity index (χ3n) is 2.58. The number of carbonyl (C=O) groups is 2. The van der Waals surface area contributed by atoms with Crippen molar-refractivity contribution < 1.29 is 14.7 Å². The van der Waals surface area contributed by atoms with E-state index in [2.05, 4.69) is 42.2 Å². The highest BCUT2D eigenvalue weighted by Gasteiger charge is 2.17. The number of carboxylic acids is 1. The van der Waals surface area contributed by atoms with Gasteiger partial charge in [-0.25, -0.2) is 9.78 Å². The summed E-state index contributed by atoms with van der Waals surface area (Å²) in [6, 6.07) is 4.88. The van der Waals surface area contributed by atoms with Crippen LogP contribution >= 0.6 is 43.2 Å². The number of aromatic carboxylic acids is 1. The standard InChI is InChI=1S/C13H10Br2N2O3S/c1-6(12-17-10(5-21-12)13(19)20)16-11(18)7-2-8(14)4-9(15)3-7/h2-6H,1H3,(H,16,18)(H,19,20). The van der Waals surface area contributed by atoms with Crippen LogP contribution in [0.5, 0.6) is 0 Å². The smallest absolute Gasteiger partial charge is 0.355 e. The number of amides is 1. The molecule has 2 aromatic rings. The molecule has 1 amide bonds. The van der Waals surface area contributed by atoms with E-state index in [1.54, 1.807) is 19.1 Å². The van der Waals surface area contributed by atoms with Gasteiger partial charge in [-0.2, -0.15) is 0 Å². The van der Waals surface area contributed by atoms with E-state index < -0.39 is 5.97 Å². The lowest BCUT2D eigenvalue weighted by Crippen LogP contribution is -2.26. The zero-order valence-electron chi connectivity index (χ0n) is 10.8. The molecule has 1 aromatic heterocycles. The fraction of sp³-hybridized carbons (Fsp3) is 0.154. The maximum atomic E-state index is 12.2. The fourth-order valence-corrected chi connectivity index (χ4v) is 3.71. The van der Waals surface area contributed by atoms with Crippen LogP contribution < -0.4 is 5.32 Å². The second-order valence-electron chi connectivity index (χ2n) is 4.23.